The number of aldehydes is 1. The molecule has 0 radical (unpaired) electrons. The van der Waals surface area contributed by atoms with Crippen molar-refractivity contribution in [3.8, 4) is 0 Å². The lowest BCUT2D eigenvalue weighted by Gasteiger charge is -1.94. The number of halogens is 1. The number of benzene rings is 1. The predicted molar refractivity (Wildman–Crippen MR) is 62.3 cm³/mol. The van der Waals surface area contributed by atoms with E-state index in [0.29, 0.717) is 11.8 Å². The zero-order chi connectivity index (χ0) is 12.0. The normalized spacial score (nSPS) is 9.81. The molecule has 0 fully saturated rings. The van der Waals surface area contributed by atoms with Crippen LogP contribution in [0.1, 0.15) is 10.4 Å². The largest absolute Gasteiger partial charge is 0.362 e. The summed E-state index contributed by atoms with van der Waals surface area (Å²) in [4.78, 5) is 24.6. The molecule has 0 aliphatic carbocycles. The van der Waals surface area contributed by atoms with Gasteiger partial charge in [0.2, 0.25) is 0 Å². The maximum Gasteiger partial charge on any atom is 0.362 e. The second kappa shape index (κ2) is 5.90. The quantitative estimate of drug-likeness (QED) is 0.211. The van der Waals surface area contributed by atoms with Crippen LogP contribution >= 0.6 is 15.9 Å². The maximum absolute atomic E-state index is 11.7. The van der Waals surface area contributed by atoms with E-state index in [1.54, 1.807) is 24.3 Å². The molecule has 1 rings (SSSR count). The Morgan fingerprint density at radius 3 is 2.44 bits per heavy atom. The molecular formula is C11H7BrN2O2. The van der Waals surface area contributed by atoms with E-state index in [9.17, 15) is 9.59 Å². The van der Waals surface area contributed by atoms with Crippen LogP contribution in [0, 0.1) is 0 Å². The van der Waals surface area contributed by atoms with E-state index in [1.165, 1.54) is 0 Å². The highest BCUT2D eigenvalue weighted by molar-refractivity contribution is 9.10. The number of carbonyl (C=O) groups is 2. The van der Waals surface area contributed by atoms with Gasteiger partial charge in [0, 0.05) is 16.1 Å². The van der Waals surface area contributed by atoms with Gasteiger partial charge in [0.15, 0.2) is 0 Å². The van der Waals surface area contributed by atoms with Crippen molar-refractivity contribution in [2.45, 2.75) is 0 Å². The maximum atomic E-state index is 11.7. The van der Waals surface area contributed by atoms with E-state index in [0.717, 1.165) is 16.6 Å². The summed E-state index contributed by atoms with van der Waals surface area (Å²) in [6.45, 7) is 0. The lowest BCUT2D eigenvalue weighted by molar-refractivity contribution is -0.104. The van der Waals surface area contributed by atoms with Gasteiger partial charge in [-0.05, 0) is 30.3 Å². The van der Waals surface area contributed by atoms with E-state index in [2.05, 4.69) is 20.7 Å². The first-order chi connectivity index (χ1) is 7.69. The van der Waals surface area contributed by atoms with Crippen LogP contribution in [0.3, 0.4) is 0 Å². The van der Waals surface area contributed by atoms with Crippen molar-refractivity contribution < 1.29 is 14.4 Å². The van der Waals surface area contributed by atoms with Gasteiger partial charge in [-0.2, -0.15) is 4.79 Å². The Morgan fingerprint density at radius 1 is 1.31 bits per heavy atom. The van der Waals surface area contributed by atoms with Crippen molar-refractivity contribution in [2.24, 2.45) is 0 Å². The van der Waals surface area contributed by atoms with Crippen LogP contribution in [0.5, 0.6) is 0 Å². The Bertz CT molecular complexity index is 485. The van der Waals surface area contributed by atoms with Crippen molar-refractivity contribution in [2.75, 3.05) is 0 Å². The van der Waals surface area contributed by atoms with E-state index >= 15 is 0 Å². The topological polar surface area (TPSA) is 70.5 Å². The lowest BCUT2D eigenvalue weighted by Crippen LogP contribution is -2.12. The van der Waals surface area contributed by atoms with E-state index in [1.807, 2.05) is 0 Å². The van der Waals surface area contributed by atoms with Crippen LogP contribution in [0.25, 0.3) is 5.53 Å². The minimum atomic E-state index is -0.451. The number of carbonyl (C=O) groups excluding carboxylic acids is 2. The molecule has 0 bridgehead atoms. The smallest absolute Gasteiger partial charge is 0.361 e. The molecule has 0 saturated heterocycles. The van der Waals surface area contributed by atoms with Crippen LogP contribution in [-0.4, -0.2) is 22.6 Å². The Morgan fingerprint density at radius 2 is 1.94 bits per heavy atom. The third-order valence-corrected chi connectivity index (χ3v) is 2.31. The molecule has 0 atom stereocenters. The molecule has 0 N–H and O–H groups in total. The summed E-state index contributed by atoms with van der Waals surface area (Å²) in [5.41, 5.74) is 8.83. The summed E-state index contributed by atoms with van der Waals surface area (Å²) in [6.07, 6.45) is 2.74. The first-order valence-electron chi connectivity index (χ1n) is 4.33. The number of hydrogen-bond acceptors (Lipinski definition) is 2. The number of ketones is 1. The summed E-state index contributed by atoms with van der Waals surface area (Å²) < 4.78 is 0.843. The highest BCUT2D eigenvalue weighted by atomic mass is 79.9. The van der Waals surface area contributed by atoms with Gasteiger partial charge in [-0.1, -0.05) is 15.9 Å². The van der Waals surface area contributed by atoms with Gasteiger partial charge in [-0.15, -0.1) is 0 Å². The second-order valence-corrected chi connectivity index (χ2v) is 3.73. The van der Waals surface area contributed by atoms with Crippen LogP contribution in [0.2, 0.25) is 0 Å². The molecule has 0 unspecified atom stereocenters. The van der Waals surface area contributed by atoms with Crippen molar-refractivity contribution in [1.29, 1.82) is 0 Å². The minimum Gasteiger partial charge on any atom is -0.361 e. The van der Waals surface area contributed by atoms with E-state index < -0.39 is 5.78 Å². The fraction of sp³-hybridized carbons (Fsp3) is 0. The van der Waals surface area contributed by atoms with Gasteiger partial charge in [0.1, 0.15) is 6.29 Å². The van der Waals surface area contributed by atoms with Gasteiger partial charge in [-0.25, -0.2) is 0 Å². The molecule has 0 aliphatic rings. The molecule has 0 aromatic heterocycles. The van der Waals surface area contributed by atoms with Gasteiger partial charge in [0.25, 0.3) is 5.78 Å². The molecule has 1 aromatic rings. The summed E-state index contributed by atoms with van der Waals surface area (Å²) >= 11 is 3.24. The van der Waals surface area contributed by atoms with Crippen LogP contribution in [-0.2, 0) is 4.79 Å². The molecule has 0 heterocycles. The summed E-state index contributed by atoms with van der Waals surface area (Å²) in [7, 11) is 0. The standard InChI is InChI=1S/C11H7BrN2O2/c12-9-5-3-8(4-6-9)11(16)10(14-13)2-1-7-15/h1-7H/b2-1+. The molecule has 0 aliphatic heterocycles. The number of rotatable bonds is 4. The van der Waals surface area contributed by atoms with Gasteiger partial charge in [-0.3, -0.25) is 9.59 Å². The predicted octanol–water partition coefficient (Wildman–Crippen LogP) is 2.06. The zero-order valence-electron chi connectivity index (χ0n) is 8.13. The first-order valence-corrected chi connectivity index (χ1v) is 5.12. The highest BCUT2D eigenvalue weighted by Crippen LogP contribution is 2.11. The molecule has 5 heteroatoms. The van der Waals surface area contributed by atoms with Crippen LogP contribution in [0.4, 0.5) is 0 Å². The molecule has 4 nitrogen and oxygen atoms in total. The number of allylic oxidation sites excluding steroid dienone is 2. The van der Waals surface area contributed by atoms with Crippen LogP contribution < -0.4 is 0 Å². The Kier molecular flexibility index (Phi) is 4.51. The highest BCUT2D eigenvalue weighted by Gasteiger charge is 2.18. The minimum absolute atomic E-state index is 0.186. The molecular weight excluding hydrogens is 272 g/mol. The monoisotopic (exact) mass is 278 g/mol. The third kappa shape index (κ3) is 3.08. The zero-order valence-corrected chi connectivity index (χ0v) is 9.72. The third-order valence-electron chi connectivity index (χ3n) is 1.78. The number of Topliss-reactive ketones (excluding diaryl/α,β-unsaturated/α-hetero) is 1. The number of nitrogens with zero attached hydrogens (tertiary/aromatic N) is 2. The molecule has 0 spiro atoms. The SMILES string of the molecule is [N-]=[N+]=C(/C=C/C=O)C(=O)c1ccc(Br)cc1. The summed E-state index contributed by atoms with van der Waals surface area (Å²) in [6, 6.07) is 6.58. The molecule has 0 amide bonds. The molecule has 1 aromatic carbocycles. The van der Waals surface area contributed by atoms with Crippen molar-refractivity contribution in [3.63, 3.8) is 0 Å². The summed E-state index contributed by atoms with van der Waals surface area (Å²) in [5.74, 6) is -0.451. The van der Waals surface area contributed by atoms with Crippen LogP contribution in [0.15, 0.2) is 40.9 Å². The fourth-order valence-corrected chi connectivity index (χ4v) is 1.30. The first kappa shape index (κ1) is 12.2. The summed E-state index contributed by atoms with van der Waals surface area (Å²) in [5, 5.41) is 0. The molecule has 80 valence electrons. The Balaban J connectivity index is 3.01. The Hall–Kier alpha value is -1.84. The van der Waals surface area contributed by atoms with Gasteiger partial charge >= 0.3 is 5.71 Å². The lowest BCUT2D eigenvalue weighted by atomic mass is 10.1. The average molecular weight is 279 g/mol. The number of hydrogen-bond donors (Lipinski definition) is 0. The van der Waals surface area contributed by atoms with E-state index in [-0.39, 0.29) is 5.71 Å². The van der Waals surface area contributed by atoms with Gasteiger partial charge < -0.3 is 5.53 Å². The van der Waals surface area contributed by atoms with Crippen molar-refractivity contribution in [3.05, 3.63) is 52.0 Å². The van der Waals surface area contributed by atoms with Crippen molar-refractivity contribution >= 4 is 33.7 Å². The molecule has 16 heavy (non-hydrogen) atoms. The fourth-order valence-electron chi connectivity index (χ4n) is 1.03. The Labute approximate surface area is 100 Å². The van der Waals surface area contributed by atoms with E-state index in [4.69, 9.17) is 5.53 Å². The van der Waals surface area contributed by atoms with Gasteiger partial charge in [0.05, 0.1) is 0 Å². The average Bonchev–Trinajstić information content (AvgIpc) is 2.30. The van der Waals surface area contributed by atoms with Crippen molar-refractivity contribution in [1.82, 2.24) is 0 Å². The molecule has 0 saturated carbocycles. The second-order valence-electron chi connectivity index (χ2n) is 2.82.